The van der Waals surface area contributed by atoms with Crippen molar-refractivity contribution in [3.05, 3.63) is 35.9 Å². The minimum absolute atomic E-state index is 0.0295. The second kappa shape index (κ2) is 7.25. The van der Waals surface area contributed by atoms with Gasteiger partial charge in [0.1, 0.15) is 6.04 Å². The molecule has 2 heterocycles. The summed E-state index contributed by atoms with van der Waals surface area (Å²) in [5.41, 5.74) is 0.571. The van der Waals surface area contributed by atoms with E-state index in [0.717, 1.165) is 6.42 Å². The third-order valence-electron chi connectivity index (χ3n) is 4.52. The molecule has 3 rings (SSSR count). The van der Waals surface area contributed by atoms with Crippen LogP contribution >= 0.6 is 11.8 Å². The molecule has 0 aromatic heterocycles. The summed E-state index contributed by atoms with van der Waals surface area (Å²) >= 11 is 1.56. The van der Waals surface area contributed by atoms with Gasteiger partial charge in [0.15, 0.2) is 0 Å². The van der Waals surface area contributed by atoms with Crippen LogP contribution in [0.5, 0.6) is 0 Å². The van der Waals surface area contributed by atoms with Crippen molar-refractivity contribution in [2.45, 2.75) is 31.3 Å². The fourth-order valence-electron chi connectivity index (χ4n) is 3.32. The number of rotatable bonds is 4. The van der Waals surface area contributed by atoms with Crippen molar-refractivity contribution in [3.8, 4) is 0 Å². The summed E-state index contributed by atoms with van der Waals surface area (Å²) in [5, 5.41) is 9.02. The zero-order valence-corrected chi connectivity index (χ0v) is 14.1. The van der Waals surface area contributed by atoms with Crippen LogP contribution in [0.3, 0.4) is 0 Å². The molecule has 2 atom stereocenters. The summed E-state index contributed by atoms with van der Waals surface area (Å²) in [4.78, 5) is 39.9. The molecule has 6 nitrogen and oxygen atoms in total. The van der Waals surface area contributed by atoms with Crippen LogP contribution in [0.25, 0.3) is 0 Å². The molecule has 0 aliphatic carbocycles. The second-order valence-electron chi connectivity index (χ2n) is 6.08. The molecule has 0 radical (unpaired) electrons. The zero-order valence-electron chi connectivity index (χ0n) is 13.3. The van der Waals surface area contributed by atoms with E-state index >= 15 is 0 Å². The van der Waals surface area contributed by atoms with Gasteiger partial charge in [-0.25, -0.2) is 0 Å². The first-order valence-electron chi connectivity index (χ1n) is 8.04. The van der Waals surface area contributed by atoms with Gasteiger partial charge in [0.05, 0.1) is 12.3 Å². The van der Waals surface area contributed by atoms with Crippen molar-refractivity contribution in [3.63, 3.8) is 0 Å². The minimum Gasteiger partial charge on any atom is -0.481 e. The first-order chi connectivity index (χ1) is 11.6. The van der Waals surface area contributed by atoms with Crippen LogP contribution in [-0.2, 0) is 9.59 Å². The molecule has 128 valence electrons. The van der Waals surface area contributed by atoms with Crippen LogP contribution in [0.2, 0.25) is 0 Å². The summed E-state index contributed by atoms with van der Waals surface area (Å²) in [7, 11) is 0. The van der Waals surface area contributed by atoms with Crippen LogP contribution < -0.4 is 0 Å². The Balaban J connectivity index is 1.74. The molecule has 1 aromatic carbocycles. The highest BCUT2D eigenvalue weighted by atomic mass is 32.2. The summed E-state index contributed by atoms with van der Waals surface area (Å²) < 4.78 is 0. The molecule has 0 bridgehead atoms. The lowest BCUT2D eigenvalue weighted by Crippen LogP contribution is -2.50. The number of nitrogens with zero attached hydrogens (tertiary/aromatic N) is 2. The lowest BCUT2D eigenvalue weighted by atomic mass is 10.1. The van der Waals surface area contributed by atoms with E-state index in [4.69, 9.17) is 5.11 Å². The number of carbonyl (C=O) groups is 3. The molecule has 24 heavy (non-hydrogen) atoms. The Bertz CT molecular complexity index is 637. The third-order valence-corrected chi connectivity index (χ3v) is 5.53. The Morgan fingerprint density at radius 2 is 1.92 bits per heavy atom. The van der Waals surface area contributed by atoms with Crippen molar-refractivity contribution in [1.82, 2.24) is 9.80 Å². The average molecular weight is 348 g/mol. The van der Waals surface area contributed by atoms with Crippen molar-refractivity contribution in [2.75, 3.05) is 18.2 Å². The molecule has 2 amide bonds. The number of carboxylic acid groups (broad SMARTS) is 1. The van der Waals surface area contributed by atoms with Gasteiger partial charge in [0.2, 0.25) is 5.91 Å². The fourth-order valence-corrected chi connectivity index (χ4v) is 4.47. The maximum Gasteiger partial charge on any atom is 0.305 e. The van der Waals surface area contributed by atoms with Gasteiger partial charge in [-0.3, -0.25) is 14.4 Å². The maximum atomic E-state index is 12.9. The third kappa shape index (κ3) is 3.40. The van der Waals surface area contributed by atoms with Crippen molar-refractivity contribution < 1.29 is 19.5 Å². The van der Waals surface area contributed by atoms with E-state index in [1.807, 2.05) is 6.07 Å². The summed E-state index contributed by atoms with van der Waals surface area (Å²) in [5.74, 6) is -0.103. The largest absolute Gasteiger partial charge is 0.481 e. The molecule has 2 aliphatic rings. The van der Waals surface area contributed by atoms with Gasteiger partial charge >= 0.3 is 5.97 Å². The first kappa shape index (κ1) is 16.8. The molecular weight excluding hydrogens is 328 g/mol. The Morgan fingerprint density at radius 1 is 1.17 bits per heavy atom. The number of hydrogen-bond donors (Lipinski definition) is 1. The van der Waals surface area contributed by atoms with E-state index in [1.54, 1.807) is 45.8 Å². The minimum atomic E-state index is -0.891. The fraction of sp³-hybridized carbons (Fsp3) is 0.471. The quantitative estimate of drug-likeness (QED) is 0.895. The SMILES string of the molecule is O=C(O)CC1CCCN1C(=O)C1CSCN1C(=O)c1ccccc1. The molecular formula is C17H20N2O4S. The Hall–Kier alpha value is -2.02. The van der Waals surface area contributed by atoms with Gasteiger partial charge in [-0.2, -0.15) is 0 Å². The summed E-state index contributed by atoms with van der Waals surface area (Å²) in [6.45, 7) is 0.575. The van der Waals surface area contributed by atoms with E-state index in [2.05, 4.69) is 0 Å². The van der Waals surface area contributed by atoms with Crippen LogP contribution in [-0.4, -0.2) is 62.9 Å². The van der Waals surface area contributed by atoms with Crippen molar-refractivity contribution in [1.29, 1.82) is 0 Å². The molecule has 1 N–H and O–H groups in total. The number of carbonyl (C=O) groups excluding carboxylic acids is 2. The van der Waals surface area contributed by atoms with Gasteiger partial charge in [-0.15, -0.1) is 11.8 Å². The highest BCUT2D eigenvalue weighted by molar-refractivity contribution is 7.99. The second-order valence-corrected chi connectivity index (χ2v) is 7.08. The number of benzene rings is 1. The Morgan fingerprint density at radius 3 is 2.62 bits per heavy atom. The van der Waals surface area contributed by atoms with Crippen LogP contribution in [0.4, 0.5) is 0 Å². The van der Waals surface area contributed by atoms with E-state index in [1.165, 1.54) is 0 Å². The highest BCUT2D eigenvalue weighted by Crippen LogP contribution is 2.28. The van der Waals surface area contributed by atoms with Gasteiger partial charge in [-0.05, 0) is 25.0 Å². The van der Waals surface area contributed by atoms with E-state index < -0.39 is 12.0 Å². The van der Waals surface area contributed by atoms with Crippen LogP contribution in [0.15, 0.2) is 30.3 Å². The summed E-state index contributed by atoms with van der Waals surface area (Å²) in [6, 6.07) is 8.18. The van der Waals surface area contributed by atoms with Gasteiger partial charge in [-0.1, -0.05) is 18.2 Å². The van der Waals surface area contributed by atoms with E-state index in [-0.39, 0.29) is 24.3 Å². The predicted molar refractivity (Wildman–Crippen MR) is 90.7 cm³/mol. The summed E-state index contributed by atoms with van der Waals surface area (Å²) in [6.07, 6.45) is 1.50. The number of thioether (sulfide) groups is 1. The van der Waals surface area contributed by atoms with Crippen LogP contribution in [0.1, 0.15) is 29.6 Å². The highest BCUT2D eigenvalue weighted by Gasteiger charge is 2.41. The zero-order chi connectivity index (χ0) is 17.1. The maximum absolute atomic E-state index is 12.9. The lowest BCUT2D eigenvalue weighted by Gasteiger charge is -2.30. The Kier molecular flexibility index (Phi) is 5.08. The first-order valence-corrected chi connectivity index (χ1v) is 9.19. The number of likely N-dealkylation sites (tertiary alicyclic amines) is 1. The Labute approximate surface area is 144 Å². The molecule has 0 saturated carbocycles. The molecule has 2 aliphatic heterocycles. The smallest absolute Gasteiger partial charge is 0.305 e. The molecule has 2 saturated heterocycles. The normalized spacial score (nSPS) is 23.5. The van der Waals surface area contributed by atoms with E-state index in [9.17, 15) is 14.4 Å². The average Bonchev–Trinajstić information content (AvgIpc) is 3.23. The standard InChI is InChI=1S/C17H20N2O4S/c20-15(21)9-13-7-4-8-18(13)17(23)14-10-24-11-19(14)16(22)12-5-2-1-3-6-12/h1-3,5-6,13-14H,4,7-11H2,(H,20,21). The number of amides is 2. The topological polar surface area (TPSA) is 77.9 Å². The monoisotopic (exact) mass is 348 g/mol. The van der Waals surface area contributed by atoms with E-state index in [0.29, 0.717) is 30.2 Å². The number of carboxylic acids is 1. The van der Waals surface area contributed by atoms with Gasteiger partial charge in [0, 0.05) is 23.9 Å². The van der Waals surface area contributed by atoms with Gasteiger partial charge < -0.3 is 14.9 Å². The molecule has 7 heteroatoms. The van der Waals surface area contributed by atoms with Crippen molar-refractivity contribution in [2.24, 2.45) is 0 Å². The van der Waals surface area contributed by atoms with Crippen molar-refractivity contribution >= 4 is 29.5 Å². The predicted octanol–water partition coefficient (Wildman–Crippen LogP) is 1.67. The number of aliphatic carboxylic acids is 1. The van der Waals surface area contributed by atoms with Crippen LogP contribution in [0, 0.1) is 0 Å². The lowest BCUT2D eigenvalue weighted by molar-refractivity contribution is -0.141. The number of hydrogen-bond acceptors (Lipinski definition) is 4. The molecule has 1 aromatic rings. The molecule has 0 spiro atoms. The van der Waals surface area contributed by atoms with Gasteiger partial charge in [0.25, 0.3) is 5.91 Å². The molecule has 2 unspecified atom stereocenters. The molecule has 2 fully saturated rings.